The van der Waals surface area contributed by atoms with Crippen LogP contribution in [0.1, 0.15) is 28.8 Å². The molecule has 1 aliphatic rings. The zero-order valence-corrected chi connectivity index (χ0v) is 13.1. The van der Waals surface area contributed by atoms with E-state index in [2.05, 4.69) is 4.98 Å². The normalized spacial score (nSPS) is 16.2. The van der Waals surface area contributed by atoms with Crippen LogP contribution in [0.15, 0.2) is 30.5 Å². The largest absolute Gasteiger partial charge is 0.481 e. The molecule has 0 aliphatic carbocycles. The van der Waals surface area contributed by atoms with E-state index in [1.165, 1.54) is 23.1 Å². The molecule has 2 aromatic rings. The molecule has 0 unspecified atom stereocenters. The quantitative estimate of drug-likeness (QED) is 0.901. The molecule has 1 aromatic carbocycles. The molecule has 1 aliphatic heterocycles. The van der Waals surface area contributed by atoms with Gasteiger partial charge in [0.2, 0.25) is 0 Å². The second-order valence-corrected chi connectivity index (χ2v) is 5.97. The van der Waals surface area contributed by atoms with E-state index in [1.807, 2.05) is 0 Å². The van der Waals surface area contributed by atoms with Crippen LogP contribution in [0.2, 0.25) is 0 Å². The Morgan fingerprint density at radius 3 is 2.40 bits per heavy atom. The summed E-state index contributed by atoms with van der Waals surface area (Å²) in [6.45, 7) is 0.222. The molecule has 0 spiro atoms. The first-order valence-electron chi connectivity index (χ1n) is 7.76. The average molecular weight is 352 g/mol. The molecule has 2 heterocycles. The zero-order chi connectivity index (χ0) is 18.2. The summed E-state index contributed by atoms with van der Waals surface area (Å²) in [6.07, 6.45) is -3.30. The number of para-hydroxylation sites is 1. The molecular formula is C17H15F3N2O3. The molecule has 1 amide bonds. The maximum absolute atomic E-state index is 13.6. The number of fused-ring (bicyclic) bond motifs is 1. The van der Waals surface area contributed by atoms with Gasteiger partial charge in [0.1, 0.15) is 0 Å². The van der Waals surface area contributed by atoms with Crippen LogP contribution in [-0.4, -0.2) is 40.0 Å². The highest BCUT2D eigenvalue weighted by molar-refractivity contribution is 6.00. The highest BCUT2D eigenvalue weighted by Gasteiger charge is 2.39. The van der Waals surface area contributed by atoms with Crippen molar-refractivity contribution in [2.45, 2.75) is 19.0 Å². The number of hydrogen-bond acceptors (Lipinski definition) is 3. The van der Waals surface area contributed by atoms with E-state index in [9.17, 15) is 22.8 Å². The molecule has 3 rings (SSSR count). The Bertz CT molecular complexity index is 827. The van der Waals surface area contributed by atoms with Crippen LogP contribution in [-0.2, 0) is 11.0 Å². The Hall–Kier alpha value is -2.64. The third-order valence-electron chi connectivity index (χ3n) is 4.42. The first-order valence-corrected chi connectivity index (χ1v) is 7.76. The number of halogens is 3. The molecular weight excluding hydrogens is 337 g/mol. The van der Waals surface area contributed by atoms with Gasteiger partial charge in [-0.25, -0.2) is 0 Å². The van der Waals surface area contributed by atoms with E-state index in [1.54, 1.807) is 6.07 Å². The number of pyridine rings is 1. The van der Waals surface area contributed by atoms with E-state index in [4.69, 9.17) is 5.11 Å². The van der Waals surface area contributed by atoms with Crippen LogP contribution in [0.5, 0.6) is 0 Å². The van der Waals surface area contributed by atoms with Gasteiger partial charge < -0.3 is 10.0 Å². The Morgan fingerprint density at radius 1 is 1.16 bits per heavy atom. The second kappa shape index (κ2) is 6.34. The number of hydrogen-bond donors (Lipinski definition) is 1. The van der Waals surface area contributed by atoms with E-state index >= 15 is 0 Å². The molecule has 132 valence electrons. The highest BCUT2D eigenvalue weighted by Crippen LogP contribution is 2.37. The molecule has 1 fully saturated rings. The average Bonchev–Trinajstić information content (AvgIpc) is 2.59. The number of benzene rings is 1. The topological polar surface area (TPSA) is 70.5 Å². The number of carbonyl (C=O) groups excluding carboxylic acids is 1. The van der Waals surface area contributed by atoms with Crippen LogP contribution < -0.4 is 0 Å². The molecule has 1 N–H and O–H groups in total. The number of carboxylic acids is 1. The third-order valence-corrected chi connectivity index (χ3v) is 4.42. The van der Waals surface area contributed by atoms with Crippen molar-refractivity contribution in [3.8, 4) is 0 Å². The lowest BCUT2D eigenvalue weighted by Gasteiger charge is -2.30. The molecule has 5 nitrogen and oxygen atoms in total. The van der Waals surface area contributed by atoms with Gasteiger partial charge in [0.25, 0.3) is 5.91 Å². The van der Waals surface area contributed by atoms with Gasteiger partial charge in [0, 0.05) is 24.7 Å². The summed E-state index contributed by atoms with van der Waals surface area (Å²) in [5.41, 5.74) is -1.33. The lowest BCUT2D eigenvalue weighted by molar-refractivity contribution is -0.143. The Labute approximate surface area is 141 Å². The van der Waals surface area contributed by atoms with Gasteiger partial charge >= 0.3 is 12.1 Å². The summed E-state index contributed by atoms with van der Waals surface area (Å²) < 4.78 is 40.8. The first-order chi connectivity index (χ1) is 11.8. The maximum Gasteiger partial charge on any atom is 0.417 e. The van der Waals surface area contributed by atoms with Crippen LogP contribution in [0.25, 0.3) is 10.9 Å². The number of aliphatic carboxylic acids is 1. The van der Waals surface area contributed by atoms with Crippen molar-refractivity contribution in [2.75, 3.05) is 13.1 Å². The molecule has 0 atom stereocenters. The van der Waals surface area contributed by atoms with Gasteiger partial charge in [-0.2, -0.15) is 13.2 Å². The zero-order valence-electron chi connectivity index (χ0n) is 13.1. The Balaban J connectivity index is 1.98. The first kappa shape index (κ1) is 17.2. The number of alkyl halides is 3. The maximum atomic E-state index is 13.6. The summed E-state index contributed by atoms with van der Waals surface area (Å²) in [5, 5.41) is 8.86. The smallest absolute Gasteiger partial charge is 0.417 e. The van der Waals surface area contributed by atoms with Gasteiger partial charge in [-0.3, -0.25) is 14.6 Å². The van der Waals surface area contributed by atoms with E-state index < -0.39 is 35.1 Å². The van der Waals surface area contributed by atoms with Gasteiger partial charge in [-0.1, -0.05) is 18.2 Å². The van der Waals surface area contributed by atoms with Crippen LogP contribution in [0.4, 0.5) is 13.2 Å². The van der Waals surface area contributed by atoms with E-state index in [-0.39, 0.29) is 36.8 Å². The van der Waals surface area contributed by atoms with Crippen molar-refractivity contribution in [1.82, 2.24) is 9.88 Å². The molecule has 0 saturated carbocycles. The van der Waals surface area contributed by atoms with Gasteiger partial charge in [-0.15, -0.1) is 0 Å². The lowest BCUT2D eigenvalue weighted by Crippen LogP contribution is -2.41. The number of piperidine rings is 1. The van der Waals surface area contributed by atoms with Crippen molar-refractivity contribution in [3.63, 3.8) is 0 Å². The molecule has 1 saturated heterocycles. The highest BCUT2D eigenvalue weighted by atomic mass is 19.4. The minimum absolute atomic E-state index is 0.111. The Kier molecular flexibility index (Phi) is 4.36. The minimum Gasteiger partial charge on any atom is -0.481 e. The standard InChI is InChI=1S/C17H15F3N2O3/c18-17(19,20)14-11-3-1-2-4-13(11)21-9-12(14)15(23)22-7-5-10(6-8-22)16(24)25/h1-4,9-10H,5-8H2,(H,24,25). The minimum atomic E-state index is -4.70. The van der Waals surface area contributed by atoms with Crippen molar-refractivity contribution >= 4 is 22.8 Å². The lowest BCUT2D eigenvalue weighted by atomic mass is 9.95. The van der Waals surface area contributed by atoms with Crippen LogP contribution >= 0.6 is 0 Å². The number of carboxylic acid groups (broad SMARTS) is 1. The molecule has 0 radical (unpaired) electrons. The number of likely N-dealkylation sites (tertiary alicyclic amines) is 1. The number of nitrogens with zero attached hydrogens (tertiary/aromatic N) is 2. The summed E-state index contributed by atoms with van der Waals surface area (Å²) in [7, 11) is 0. The summed E-state index contributed by atoms with van der Waals surface area (Å²) in [6, 6.07) is 5.79. The fourth-order valence-electron chi connectivity index (χ4n) is 3.11. The SMILES string of the molecule is O=C(O)C1CCN(C(=O)c2cnc3ccccc3c2C(F)(F)F)CC1. The summed E-state index contributed by atoms with van der Waals surface area (Å²) >= 11 is 0. The number of carbonyl (C=O) groups is 2. The fourth-order valence-corrected chi connectivity index (χ4v) is 3.11. The van der Waals surface area contributed by atoms with Gasteiger partial charge in [0.15, 0.2) is 0 Å². The van der Waals surface area contributed by atoms with Crippen molar-refractivity contribution in [2.24, 2.45) is 5.92 Å². The second-order valence-electron chi connectivity index (χ2n) is 5.97. The van der Waals surface area contributed by atoms with Crippen molar-refractivity contribution in [1.29, 1.82) is 0 Å². The van der Waals surface area contributed by atoms with Crippen LogP contribution in [0.3, 0.4) is 0 Å². The van der Waals surface area contributed by atoms with Gasteiger partial charge in [0.05, 0.1) is 22.6 Å². The molecule has 1 aromatic heterocycles. The van der Waals surface area contributed by atoms with Crippen LogP contribution in [0, 0.1) is 5.92 Å². The summed E-state index contributed by atoms with van der Waals surface area (Å²) in [5.74, 6) is -2.29. The Morgan fingerprint density at radius 2 is 1.80 bits per heavy atom. The molecule has 25 heavy (non-hydrogen) atoms. The number of rotatable bonds is 2. The van der Waals surface area contributed by atoms with Crippen molar-refractivity contribution < 1.29 is 27.9 Å². The predicted molar refractivity (Wildman–Crippen MR) is 83.0 cm³/mol. The van der Waals surface area contributed by atoms with Crippen molar-refractivity contribution in [3.05, 3.63) is 41.6 Å². The number of amides is 1. The summed E-state index contributed by atoms with van der Waals surface area (Å²) in [4.78, 5) is 28.8. The molecule has 0 bridgehead atoms. The van der Waals surface area contributed by atoms with Gasteiger partial charge in [-0.05, 0) is 18.9 Å². The van der Waals surface area contributed by atoms with E-state index in [0.29, 0.717) is 0 Å². The fraction of sp³-hybridized carbons (Fsp3) is 0.353. The number of aromatic nitrogens is 1. The third kappa shape index (κ3) is 3.29. The predicted octanol–water partition coefficient (Wildman–Crippen LogP) is 3.19. The monoisotopic (exact) mass is 352 g/mol. The molecule has 8 heteroatoms. The van der Waals surface area contributed by atoms with E-state index in [0.717, 1.165) is 6.20 Å².